The summed E-state index contributed by atoms with van der Waals surface area (Å²) in [6.07, 6.45) is 0.512. The molecular weight excluding hydrogens is 434 g/mol. The summed E-state index contributed by atoms with van der Waals surface area (Å²) in [5, 5.41) is 11.1. The maximum absolute atomic E-state index is 12.9. The van der Waals surface area contributed by atoms with Crippen LogP contribution in [0.2, 0.25) is 0 Å². The third-order valence-electron chi connectivity index (χ3n) is 5.42. The van der Waals surface area contributed by atoms with E-state index in [1.807, 2.05) is 0 Å². The van der Waals surface area contributed by atoms with Gasteiger partial charge in [0.1, 0.15) is 29.4 Å². The molecule has 0 bridgehead atoms. The molecule has 3 amide bonds. The zero-order valence-corrected chi connectivity index (χ0v) is 18.0. The first-order valence-electron chi connectivity index (χ1n) is 10.2. The molecule has 1 saturated heterocycles. The first kappa shape index (κ1) is 22.1. The van der Waals surface area contributed by atoms with Gasteiger partial charge in [0.2, 0.25) is 11.8 Å². The summed E-state index contributed by atoms with van der Waals surface area (Å²) in [6, 6.07) is 11.6. The quantitative estimate of drug-likeness (QED) is 0.500. The molecule has 32 heavy (non-hydrogen) atoms. The molecule has 9 nitrogen and oxygen atoms in total. The SMILES string of the molecule is O=C1CCC(N2Cc3c(OCc4ccc(S(=O)NCCO)cc4)cccc3C2=O)C(=O)N1. The van der Waals surface area contributed by atoms with Crippen molar-refractivity contribution in [3.8, 4) is 5.75 Å². The average Bonchev–Trinajstić information content (AvgIpc) is 3.13. The zero-order chi connectivity index (χ0) is 22.7. The van der Waals surface area contributed by atoms with Crippen molar-refractivity contribution < 1.29 is 28.4 Å². The van der Waals surface area contributed by atoms with Crippen molar-refractivity contribution in [3.05, 3.63) is 59.2 Å². The number of hydrogen-bond donors (Lipinski definition) is 3. The summed E-state index contributed by atoms with van der Waals surface area (Å²) < 4.78 is 20.7. The second-order valence-electron chi connectivity index (χ2n) is 7.50. The number of fused-ring (bicyclic) bond motifs is 1. The van der Waals surface area contributed by atoms with Crippen LogP contribution in [0.1, 0.15) is 34.3 Å². The lowest BCUT2D eigenvalue weighted by Crippen LogP contribution is -2.52. The van der Waals surface area contributed by atoms with Gasteiger partial charge in [-0.1, -0.05) is 18.2 Å². The van der Waals surface area contributed by atoms with Crippen molar-refractivity contribution in [2.45, 2.75) is 36.9 Å². The first-order valence-corrected chi connectivity index (χ1v) is 11.4. The molecule has 3 N–H and O–H groups in total. The second kappa shape index (κ2) is 9.60. The summed E-state index contributed by atoms with van der Waals surface area (Å²) >= 11 is 0. The first-order chi connectivity index (χ1) is 15.5. The summed E-state index contributed by atoms with van der Waals surface area (Å²) in [6.45, 7) is 0.638. The fraction of sp³-hybridized carbons (Fsp3) is 0.318. The molecule has 168 valence electrons. The van der Waals surface area contributed by atoms with Gasteiger partial charge in [-0.15, -0.1) is 0 Å². The van der Waals surface area contributed by atoms with Gasteiger partial charge in [0, 0.05) is 24.1 Å². The van der Waals surface area contributed by atoms with Crippen LogP contribution >= 0.6 is 0 Å². The molecule has 0 aliphatic carbocycles. The molecule has 0 aromatic heterocycles. The number of hydrogen-bond acceptors (Lipinski definition) is 6. The number of aliphatic hydroxyl groups excluding tert-OH is 1. The van der Waals surface area contributed by atoms with Gasteiger partial charge in [0.15, 0.2) is 0 Å². The highest BCUT2D eigenvalue weighted by Crippen LogP contribution is 2.33. The minimum atomic E-state index is -1.39. The zero-order valence-electron chi connectivity index (χ0n) is 17.2. The molecule has 0 spiro atoms. The number of piperidine rings is 1. The van der Waals surface area contributed by atoms with Crippen molar-refractivity contribution in [1.82, 2.24) is 14.9 Å². The Hall–Kier alpha value is -3.08. The third-order valence-corrected chi connectivity index (χ3v) is 6.58. The minimum Gasteiger partial charge on any atom is -0.489 e. The summed E-state index contributed by atoms with van der Waals surface area (Å²) in [5.74, 6) is -0.459. The van der Waals surface area contributed by atoms with Crippen molar-refractivity contribution in [2.24, 2.45) is 0 Å². The fourth-order valence-corrected chi connectivity index (χ4v) is 4.61. The van der Waals surface area contributed by atoms with E-state index >= 15 is 0 Å². The number of aliphatic hydroxyl groups is 1. The molecule has 10 heteroatoms. The lowest BCUT2D eigenvalue weighted by Gasteiger charge is -2.29. The van der Waals surface area contributed by atoms with Crippen molar-refractivity contribution in [3.63, 3.8) is 0 Å². The number of ether oxygens (including phenoxy) is 1. The van der Waals surface area contributed by atoms with E-state index < -0.39 is 22.9 Å². The van der Waals surface area contributed by atoms with Crippen LogP contribution in [0, 0.1) is 0 Å². The highest BCUT2D eigenvalue weighted by atomic mass is 32.2. The Morgan fingerprint density at radius 3 is 2.66 bits per heavy atom. The Balaban J connectivity index is 1.43. The van der Waals surface area contributed by atoms with Crippen molar-refractivity contribution in [1.29, 1.82) is 0 Å². The van der Waals surface area contributed by atoms with Gasteiger partial charge < -0.3 is 14.7 Å². The van der Waals surface area contributed by atoms with Crippen LogP contribution in [0.15, 0.2) is 47.4 Å². The van der Waals surface area contributed by atoms with Crippen LogP contribution in [0.3, 0.4) is 0 Å². The normalized spacial score (nSPS) is 19.0. The Morgan fingerprint density at radius 2 is 1.94 bits per heavy atom. The number of nitrogens with zero attached hydrogens (tertiary/aromatic N) is 1. The Bertz CT molecular complexity index is 1070. The molecule has 2 heterocycles. The standard InChI is InChI=1S/C22H23N3O6S/c26-11-10-23-32(30)15-6-4-14(5-7-15)13-31-19-3-1-2-16-17(19)12-25(22(16)29)18-8-9-20(27)24-21(18)28/h1-7,18,23,26H,8-13H2,(H,24,27,28). The molecule has 2 aliphatic rings. The fourth-order valence-electron chi connectivity index (χ4n) is 3.78. The van der Waals surface area contributed by atoms with Gasteiger partial charge in [0.25, 0.3) is 5.91 Å². The number of carbonyl (C=O) groups is 3. The Kier molecular flexibility index (Phi) is 6.63. The maximum Gasteiger partial charge on any atom is 0.255 e. The highest BCUT2D eigenvalue weighted by Gasteiger charge is 2.40. The lowest BCUT2D eigenvalue weighted by atomic mass is 10.0. The molecular formula is C22H23N3O6S. The van der Waals surface area contributed by atoms with Gasteiger partial charge in [0.05, 0.1) is 18.0 Å². The summed E-state index contributed by atoms with van der Waals surface area (Å²) in [7, 11) is -1.39. The van der Waals surface area contributed by atoms with Gasteiger partial charge in [-0.3, -0.25) is 19.7 Å². The molecule has 0 saturated carbocycles. The van der Waals surface area contributed by atoms with Crippen LogP contribution < -0.4 is 14.8 Å². The van der Waals surface area contributed by atoms with E-state index in [9.17, 15) is 18.6 Å². The van der Waals surface area contributed by atoms with E-state index in [1.54, 1.807) is 42.5 Å². The number of rotatable bonds is 8. The van der Waals surface area contributed by atoms with Gasteiger partial charge in [-0.25, -0.2) is 8.93 Å². The average molecular weight is 458 g/mol. The summed E-state index contributed by atoms with van der Waals surface area (Å²) in [5.41, 5.74) is 2.07. The molecule has 2 unspecified atom stereocenters. The molecule has 2 aliphatic heterocycles. The molecule has 1 fully saturated rings. The molecule has 2 aromatic carbocycles. The highest BCUT2D eigenvalue weighted by molar-refractivity contribution is 7.83. The summed E-state index contributed by atoms with van der Waals surface area (Å²) in [4.78, 5) is 38.6. The second-order valence-corrected chi connectivity index (χ2v) is 8.80. The molecule has 0 radical (unpaired) electrons. The Labute approximate surface area is 187 Å². The predicted molar refractivity (Wildman–Crippen MR) is 115 cm³/mol. The van der Waals surface area contributed by atoms with E-state index in [4.69, 9.17) is 9.84 Å². The number of carbonyl (C=O) groups excluding carboxylic acids is 3. The smallest absolute Gasteiger partial charge is 0.255 e. The van der Waals surface area contributed by atoms with Crippen LogP contribution in [-0.2, 0) is 33.7 Å². The molecule has 2 aromatic rings. The van der Waals surface area contributed by atoms with Gasteiger partial charge >= 0.3 is 0 Å². The largest absolute Gasteiger partial charge is 0.489 e. The molecule has 4 rings (SSSR count). The number of imide groups is 1. The van der Waals surface area contributed by atoms with E-state index in [0.29, 0.717) is 28.2 Å². The van der Waals surface area contributed by atoms with Crippen molar-refractivity contribution in [2.75, 3.05) is 13.2 Å². The Morgan fingerprint density at radius 1 is 1.16 bits per heavy atom. The van der Waals surface area contributed by atoms with Gasteiger partial charge in [-0.05, 0) is 36.2 Å². The van der Waals surface area contributed by atoms with Crippen LogP contribution in [0.5, 0.6) is 5.75 Å². The van der Waals surface area contributed by atoms with Crippen LogP contribution in [0.4, 0.5) is 0 Å². The van der Waals surface area contributed by atoms with Crippen LogP contribution in [-0.4, -0.2) is 51.1 Å². The number of nitrogens with one attached hydrogen (secondary N) is 2. The minimum absolute atomic E-state index is 0.0947. The number of benzene rings is 2. The van der Waals surface area contributed by atoms with E-state index in [-0.39, 0.29) is 44.5 Å². The van der Waals surface area contributed by atoms with E-state index in [2.05, 4.69) is 10.0 Å². The molecule has 2 atom stereocenters. The van der Waals surface area contributed by atoms with E-state index in [0.717, 1.165) is 5.56 Å². The van der Waals surface area contributed by atoms with Crippen molar-refractivity contribution >= 4 is 28.7 Å². The lowest BCUT2D eigenvalue weighted by molar-refractivity contribution is -0.136. The van der Waals surface area contributed by atoms with E-state index in [1.165, 1.54) is 4.90 Å². The number of amides is 3. The van der Waals surface area contributed by atoms with Gasteiger partial charge in [-0.2, -0.15) is 0 Å². The predicted octanol–water partition coefficient (Wildman–Crippen LogP) is 0.631. The monoisotopic (exact) mass is 457 g/mol. The third kappa shape index (κ3) is 4.57. The van der Waals surface area contributed by atoms with Crippen LogP contribution in [0.25, 0.3) is 0 Å². The maximum atomic E-state index is 12.9. The topological polar surface area (TPSA) is 125 Å².